The Balaban J connectivity index is 1.91. The lowest BCUT2D eigenvalue weighted by atomic mass is 9.85. The average Bonchev–Trinajstić information content (AvgIpc) is 3.38. The molecule has 0 bridgehead atoms. The predicted octanol–water partition coefficient (Wildman–Crippen LogP) is 2.91. The number of hydrogen-bond acceptors (Lipinski definition) is 4. The summed E-state index contributed by atoms with van der Waals surface area (Å²) in [6.07, 6.45) is 0.535. The van der Waals surface area contributed by atoms with E-state index >= 15 is 0 Å². The SMILES string of the molecule is CC[C@@H](C)C(=O)N[C@H](C(=O)N1CC[C@@H]2[C@H]1[C@@H](Oc1ccc(F)c(F)c1)CN2C(=O)NC)C(C)(C)C. The molecule has 0 spiro atoms. The van der Waals surface area contributed by atoms with Crippen molar-refractivity contribution in [2.75, 3.05) is 20.1 Å². The van der Waals surface area contributed by atoms with Crippen molar-refractivity contribution >= 4 is 17.8 Å². The van der Waals surface area contributed by atoms with Crippen molar-refractivity contribution in [1.82, 2.24) is 20.4 Å². The van der Waals surface area contributed by atoms with Crippen molar-refractivity contribution in [3.63, 3.8) is 0 Å². The Morgan fingerprint density at radius 1 is 1.17 bits per heavy atom. The second-order valence-electron chi connectivity index (χ2n) is 10.4. The minimum absolute atomic E-state index is 0.114. The smallest absolute Gasteiger partial charge is 0.317 e. The van der Waals surface area contributed by atoms with E-state index < -0.39 is 35.2 Å². The Morgan fingerprint density at radius 3 is 2.43 bits per heavy atom. The van der Waals surface area contributed by atoms with Gasteiger partial charge in [0.25, 0.3) is 0 Å². The number of rotatable bonds is 6. The van der Waals surface area contributed by atoms with Crippen LogP contribution in [0, 0.1) is 23.0 Å². The largest absolute Gasteiger partial charge is 0.486 e. The van der Waals surface area contributed by atoms with Crippen LogP contribution in [0.15, 0.2) is 18.2 Å². The van der Waals surface area contributed by atoms with Gasteiger partial charge in [-0.3, -0.25) is 9.59 Å². The van der Waals surface area contributed by atoms with Crippen LogP contribution < -0.4 is 15.4 Å². The van der Waals surface area contributed by atoms with E-state index in [1.165, 1.54) is 13.1 Å². The monoisotopic (exact) mass is 494 g/mol. The van der Waals surface area contributed by atoms with Gasteiger partial charge in [-0.05, 0) is 30.4 Å². The highest BCUT2D eigenvalue weighted by Crippen LogP contribution is 2.36. The molecule has 0 aromatic heterocycles. The van der Waals surface area contributed by atoms with E-state index in [1.54, 1.807) is 9.80 Å². The van der Waals surface area contributed by atoms with E-state index in [0.29, 0.717) is 19.4 Å². The molecule has 2 fully saturated rings. The molecule has 194 valence electrons. The zero-order valence-electron chi connectivity index (χ0n) is 21.2. The first-order valence-electron chi connectivity index (χ1n) is 12.1. The summed E-state index contributed by atoms with van der Waals surface area (Å²) in [4.78, 5) is 42.4. The molecule has 4 amide bonds. The van der Waals surface area contributed by atoms with Crippen LogP contribution in [0.1, 0.15) is 47.5 Å². The van der Waals surface area contributed by atoms with Crippen LogP contribution in [-0.4, -0.2) is 72.0 Å². The van der Waals surface area contributed by atoms with Gasteiger partial charge in [0.05, 0.1) is 18.6 Å². The van der Waals surface area contributed by atoms with Crippen LogP contribution in [0.5, 0.6) is 5.75 Å². The van der Waals surface area contributed by atoms with Gasteiger partial charge in [0, 0.05) is 25.6 Å². The van der Waals surface area contributed by atoms with Crippen molar-refractivity contribution in [1.29, 1.82) is 0 Å². The number of urea groups is 1. The number of carbonyl (C=O) groups is 3. The van der Waals surface area contributed by atoms with Crippen LogP contribution in [0.25, 0.3) is 0 Å². The summed E-state index contributed by atoms with van der Waals surface area (Å²) in [7, 11) is 1.53. The van der Waals surface area contributed by atoms with Crippen molar-refractivity contribution in [3.05, 3.63) is 29.8 Å². The summed E-state index contributed by atoms with van der Waals surface area (Å²) in [5.41, 5.74) is -0.562. The second-order valence-corrected chi connectivity index (χ2v) is 10.4. The maximum absolute atomic E-state index is 13.9. The van der Waals surface area contributed by atoms with Gasteiger partial charge in [-0.25, -0.2) is 13.6 Å². The molecule has 0 radical (unpaired) electrons. The van der Waals surface area contributed by atoms with Gasteiger partial charge in [-0.15, -0.1) is 0 Å². The molecule has 2 aliphatic heterocycles. The van der Waals surface area contributed by atoms with Crippen molar-refractivity contribution in [2.24, 2.45) is 11.3 Å². The van der Waals surface area contributed by atoms with Gasteiger partial charge in [0.15, 0.2) is 11.6 Å². The molecule has 2 N–H and O–H groups in total. The molecule has 1 aromatic rings. The number of fused-ring (bicyclic) bond motifs is 1. The summed E-state index contributed by atoms with van der Waals surface area (Å²) in [5, 5.41) is 5.55. The molecule has 35 heavy (non-hydrogen) atoms. The molecule has 3 rings (SSSR count). The highest BCUT2D eigenvalue weighted by atomic mass is 19.2. The molecule has 0 aliphatic carbocycles. The van der Waals surface area contributed by atoms with Crippen LogP contribution in [0.3, 0.4) is 0 Å². The number of nitrogens with one attached hydrogen (secondary N) is 2. The van der Waals surface area contributed by atoms with Gasteiger partial charge in [0.2, 0.25) is 11.8 Å². The Kier molecular flexibility index (Phi) is 7.91. The molecule has 0 unspecified atom stereocenters. The lowest BCUT2D eigenvalue weighted by Gasteiger charge is -2.37. The predicted molar refractivity (Wildman–Crippen MR) is 127 cm³/mol. The lowest BCUT2D eigenvalue weighted by Crippen LogP contribution is -2.58. The molecule has 2 saturated heterocycles. The highest BCUT2D eigenvalue weighted by molar-refractivity contribution is 5.89. The molecular weight excluding hydrogens is 458 g/mol. The van der Waals surface area contributed by atoms with Crippen LogP contribution in [0.2, 0.25) is 0 Å². The summed E-state index contributed by atoms with van der Waals surface area (Å²) in [6.45, 7) is 9.95. The topological polar surface area (TPSA) is 91.0 Å². The Hall–Kier alpha value is -2.91. The molecule has 1 aromatic carbocycles. The van der Waals surface area contributed by atoms with Crippen molar-refractivity contribution in [2.45, 2.75) is 71.7 Å². The van der Waals surface area contributed by atoms with Gasteiger partial charge in [-0.1, -0.05) is 34.6 Å². The number of halogens is 2. The van der Waals surface area contributed by atoms with E-state index in [1.807, 2.05) is 34.6 Å². The summed E-state index contributed by atoms with van der Waals surface area (Å²) in [6, 6.07) is 1.37. The minimum atomic E-state index is -1.04. The molecule has 8 nitrogen and oxygen atoms in total. The molecule has 10 heteroatoms. The molecule has 2 aliphatic rings. The third-order valence-electron chi connectivity index (χ3n) is 6.97. The van der Waals surface area contributed by atoms with Crippen molar-refractivity contribution < 1.29 is 27.9 Å². The quantitative estimate of drug-likeness (QED) is 0.636. The number of ether oxygens (including phenoxy) is 1. The summed E-state index contributed by atoms with van der Waals surface area (Å²) >= 11 is 0. The Morgan fingerprint density at radius 2 is 1.86 bits per heavy atom. The molecule has 2 heterocycles. The number of nitrogens with zero attached hydrogens (tertiary/aromatic N) is 2. The fourth-order valence-corrected chi connectivity index (χ4v) is 4.78. The van der Waals surface area contributed by atoms with Gasteiger partial charge in [-0.2, -0.15) is 0 Å². The van der Waals surface area contributed by atoms with E-state index in [4.69, 9.17) is 4.74 Å². The fourth-order valence-electron chi connectivity index (χ4n) is 4.78. The molecule has 0 saturated carbocycles. The van der Waals surface area contributed by atoms with Gasteiger partial charge in [0.1, 0.15) is 17.9 Å². The normalized spacial score (nSPS) is 23.5. The van der Waals surface area contributed by atoms with E-state index in [2.05, 4.69) is 10.6 Å². The zero-order chi connectivity index (χ0) is 26.1. The molecule has 5 atom stereocenters. The van der Waals surface area contributed by atoms with E-state index in [9.17, 15) is 23.2 Å². The first kappa shape index (κ1) is 26.7. The standard InChI is InChI=1S/C25H36F2N4O4/c1-7-14(2)22(32)29-21(25(3,4)5)23(33)30-11-10-18-20(30)19(13-31(18)24(34)28-6)35-15-8-9-16(26)17(27)12-15/h8-9,12,14,18-21H,7,10-11,13H2,1-6H3,(H,28,34)(H,29,32)/t14-,18-,19+,20+,21-/m1/s1. The third kappa shape index (κ3) is 5.51. The maximum atomic E-state index is 13.9. The number of likely N-dealkylation sites (tertiary alicyclic amines) is 2. The lowest BCUT2D eigenvalue weighted by molar-refractivity contribution is -0.142. The van der Waals surface area contributed by atoms with Crippen LogP contribution in [0.4, 0.5) is 13.6 Å². The van der Waals surface area contributed by atoms with Gasteiger partial charge < -0.3 is 25.2 Å². The Bertz CT molecular complexity index is 967. The third-order valence-corrected chi connectivity index (χ3v) is 6.97. The minimum Gasteiger partial charge on any atom is -0.486 e. The van der Waals surface area contributed by atoms with Crippen LogP contribution in [-0.2, 0) is 9.59 Å². The summed E-state index contributed by atoms with van der Waals surface area (Å²) in [5.74, 6) is -2.60. The average molecular weight is 495 g/mol. The van der Waals surface area contributed by atoms with E-state index in [0.717, 1.165) is 12.1 Å². The number of benzene rings is 1. The number of carbonyl (C=O) groups excluding carboxylic acids is 3. The highest BCUT2D eigenvalue weighted by Gasteiger charge is 2.54. The zero-order valence-corrected chi connectivity index (χ0v) is 21.2. The van der Waals surface area contributed by atoms with E-state index in [-0.39, 0.29) is 42.1 Å². The van der Waals surface area contributed by atoms with Crippen LogP contribution >= 0.6 is 0 Å². The summed E-state index contributed by atoms with van der Waals surface area (Å²) < 4.78 is 33.2. The fraction of sp³-hybridized carbons (Fsp3) is 0.640. The maximum Gasteiger partial charge on any atom is 0.317 e. The first-order valence-corrected chi connectivity index (χ1v) is 12.1. The van der Waals surface area contributed by atoms with Crippen molar-refractivity contribution in [3.8, 4) is 5.75 Å². The number of amides is 4. The second kappa shape index (κ2) is 10.4. The first-order chi connectivity index (χ1) is 16.4. The Labute approximate surface area is 205 Å². The molecular formula is C25H36F2N4O4. The van der Waals surface area contributed by atoms with Gasteiger partial charge >= 0.3 is 6.03 Å². The number of hydrogen-bond donors (Lipinski definition) is 2.